The van der Waals surface area contributed by atoms with E-state index in [0.717, 1.165) is 11.1 Å². The highest BCUT2D eigenvalue weighted by atomic mass is 32.2. The van der Waals surface area contributed by atoms with E-state index in [2.05, 4.69) is 21.8 Å². The van der Waals surface area contributed by atoms with Crippen LogP contribution < -0.4 is 4.72 Å². The van der Waals surface area contributed by atoms with Crippen LogP contribution >= 0.6 is 0 Å². The molecule has 0 radical (unpaired) electrons. The molecule has 8 heteroatoms. The van der Waals surface area contributed by atoms with E-state index in [1.54, 1.807) is 42.2 Å². The first-order chi connectivity index (χ1) is 14.5. The molecule has 0 bridgehead atoms. The first-order valence-electron chi connectivity index (χ1n) is 10.3. The predicted molar refractivity (Wildman–Crippen MR) is 114 cm³/mol. The summed E-state index contributed by atoms with van der Waals surface area (Å²) in [5.74, 6) is 0. The maximum Gasteiger partial charge on any atom is 0.409 e. The van der Waals surface area contributed by atoms with Crippen LogP contribution in [0.4, 0.5) is 4.79 Å². The second kappa shape index (κ2) is 8.75. The number of hydrogen-bond acceptors (Lipinski definition) is 5. The molecule has 1 N–H and O–H groups in total. The molecule has 0 spiro atoms. The highest BCUT2D eigenvalue weighted by molar-refractivity contribution is 7.89. The number of nitrogens with zero attached hydrogens (tertiary/aromatic N) is 2. The number of rotatable bonds is 5. The van der Waals surface area contributed by atoms with Crippen molar-refractivity contribution in [3.8, 4) is 0 Å². The highest BCUT2D eigenvalue weighted by Crippen LogP contribution is 2.37. The van der Waals surface area contributed by atoms with Crippen LogP contribution in [0, 0.1) is 0 Å². The largest absolute Gasteiger partial charge is 0.450 e. The quantitative estimate of drug-likeness (QED) is 0.790. The third kappa shape index (κ3) is 4.21. The molecule has 1 saturated heterocycles. The van der Waals surface area contributed by atoms with Gasteiger partial charge in [-0.2, -0.15) is 0 Å². The molecule has 2 aromatic rings. The fourth-order valence-corrected chi connectivity index (χ4v) is 5.66. The maximum absolute atomic E-state index is 13.0. The molecule has 0 aromatic heterocycles. The monoisotopic (exact) mass is 429 g/mol. The van der Waals surface area contributed by atoms with E-state index in [1.807, 2.05) is 12.1 Å². The van der Waals surface area contributed by atoms with Crippen LogP contribution in [0.3, 0.4) is 0 Å². The van der Waals surface area contributed by atoms with Gasteiger partial charge in [0.15, 0.2) is 0 Å². The van der Waals surface area contributed by atoms with Gasteiger partial charge in [-0.1, -0.05) is 42.5 Å². The molecule has 4 rings (SSSR count). The summed E-state index contributed by atoms with van der Waals surface area (Å²) in [5, 5.41) is 0. The fourth-order valence-electron chi connectivity index (χ4n) is 4.40. The zero-order valence-corrected chi connectivity index (χ0v) is 17.8. The van der Waals surface area contributed by atoms with Crippen molar-refractivity contribution in [3.05, 3.63) is 65.7 Å². The highest BCUT2D eigenvalue weighted by Gasteiger charge is 2.40. The van der Waals surface area contributed by atoms with Gasteiger partial charge in [0.1, 0.15) is 0 Å². The van der Waals surface area contributed by atoms with Crippen LogP contribution in [0.25, 0.3) is 0 Å². The summed E-state index contributed by atoms with van der Waals surface area (Å²) in [6.45, 7) is 4.62. The van der Waals surface area contributed by atoms with Gasteiger partial charge in [-0.15, -0.1) is 0 Å². The Morgan fingerprint density at radius 2 is 1.70 bits per heavy atom. The molecule has 1 aliphatic carbocycles. The van der Waals surface area contributed by atoms with Crippen molar-refractivity contribution in [2.24, 2.45) is 0 Å². The number of carbonyl (C=O) groups is 1. The van der Waals surface area contributed by atoms with Crippen molar-refractivity contribution >= 4 is 16.1 Å². The molecule has 1 amide bonds. The number of piperazine rings is 1. The molecule has 160 valence electrons. The summed E-state index contributed by atoms with van der Waals surface area (Å²) in [6, 6.07) is 16.3. The third-order valence-corrected chi connectivity index (χ3v) is 7.29. The van der Waals surface area contributed by atoms with Crippen molar-refractivity contribution in [1.29, 1.82) is 0 Å². The fraction of sp³-hybridized carbons (Fsp3) is 0.409. The van der Waals surface area contributed by atoms with Crippen molar-refractivity contribution in [2.75, 3.05) is 32.8 Å². The van der Waals surface area contributed by atoms with Gasteiger partial charge in [-0.25, -0.2) is 17.9 Å². The van der Waals surface area contributed by atoms with Crippen molar-refractivity contribution in [3.63, 3.8) is 0 Å². The van der Waals surface area contributed by atoms with E-state index in [1.165, 1.54) is 0 Å². The average molecular weight is 430 g/mol. The summed E-state index contributed by atoms with van der Waals surface area (Å²) < 4.78 is 34.0. The number of nitrogens with one attached hydrogen (secondary N) is 1. The number of amides is 1. The molecule has 30 heavy (non-hydrogen) atoms. The lowest BCUT2D eigenvalue weighted by Gasteiger charge is -2.40. The Morgan fingerprint density at radius 1 is 1.03 bits per heavy atom. The number of ether oxygens (including phenoxy) is 1. The van der Waals surface area contributed by atoms with E-state index in [-0.39, 0.29) is 23.1 Å². The lowest BCUT2D eigenvalue weighted by molar-refractivity contribution is 0.0619. The SMILES string of the molecule is CCOC(=O)N1CCN([C@@H]2c3ccccc3C[C@H]2NS(=O)(=O)c2ccccc2)CC1. The van der Waals surface area contributed by atoms with Gasteiger partial charge >= 0.3 is 6.09 Å². The molecule has 0 saturated carbocycles. The molecule has 2 atom stereocenters. The van der Waals surface area contributed by atoms with Crippen molar-refractivity contribution in [2.45, 2.75) is 30.3 Å². The van der Waals surface area contributed by atoms with Gasteiger partial charge in [0.25, 0.3) is 0 Å². The lowest BCUT2D eigenvalue weighted by Crippen LogP contribution is -2.53. The minimum absolute atomic E-state index is 0.0657. The Bertz CT molecular complexity index is 988. The molecule has 2 aromatic carbocycles. The Morgan fingerprint density at radius 3 is 2.40 bits per heavy atom. The summed E-state index contributed by atoms with van der Waals surface area (Å²) >= 11 is 0. The van der Waals surface area contributed by atoms with Crippen LogP contribution in [0.1, 0.15) is 24.1 Å². The van der Waals surface area contributed by atoms with Gasteiger partial charge < -0.3 is 9.64 Å². The average Bonchev–Trinajstić information content (AvgIpc) is 3.11. The van der Waals surface area contributed by atoms with E-state index < -0.39 is 10.0 Å². The van der Waals surface area contributed by atoms with E-state index >= 15 is 0 Å². The summed E-state index contributed by atoms with van der Waals surface area (Å²) in [6.07, 6.45) is 0.357. The second-order valence-corrected chi connectivity index (χ2v) is 9.32. The molecule has 0 unspecified atom stereocenters. The van der Waals surface area contributed by atoms with Crippen LogP contribution in [0.2, 0.25) is 0 Å². The zero-order chi connectivity index (χ0) is 21.1. The van der Waals surface area contributed by atoms with Gasteiger partial charge in [0.2, 0.25) is 10.0 Å². The summed E-state index contributed by atoms with van der Waals surface area (Å²) in [7, 11) is -3.63. The first kappa shape index (κ1) is 20.8. The predicted octanol–water partition coefficient (Wildman–Crippen LogP) is 2.41. The number of benzene rings is 2. The van der Waals surface area contributed by atoms with Crippen LogP contribution in [0.5, 0.6) is 0 Å². The smallest absolute Gasteiger partial charge is 0.409 e. The molecule has 1 fully saturated rings. The number of sulfonamides is 1. The Hall–Kier alpha value is -2.42. The molecule has 2 aliphatic rings. The molecule has 1 heterocycles. The normalized spacial score (nSPS) is 22.0. The minimum atomic E-state index is -3.63. The topological polar surface area (TPSA) is 79.0 Å². The zero-order valence-electron chi connectivity index (χ0n) is 17.0. The number of fused-ring (bicyclic) bond motifs is 1. The van der Waals surface area contributed by atoms with Crippen molar-refractivity contribution < 1.29 is 17.9 Å². The standard InChI is InChI=1S/C22H27N3O4S/c1-2-29-22(26)25-14-12-24(13-15-25)21-19-11-7-6-8-17(19)16-20(21)23-30(27,28)18-9-4-3-5-10-18/h3-11,20-21,23H,2,12-16H2,1H3/t20-,21-/m1/s1. The number of hydrogen-bond donors (Lipinski definition) is 1. The Labute approximate surface area is 177 Å². The summed E-state index contributed by atoms with van der Waals surface area (Å²) in [5.41, 5.74) is 2.32. The third-order valence-electron chi connectivity index (χ3n) is 5.79. The maximum atomic E-state index is 13.0. The van der Waals surface area contributed by atoms with Crippen LogP contribution in [-0.2, 0) is 21.2 Å². The molecule has 7 nitrogen and oxygen atoms in total. The van der Waals surface area contributed by atoms with E-state index in [0.29, 0.717) is 39.2 Å². The summed E-state index contributed by atoms with van der Waals surface area (Å²) in [4.78, 5) is 16.3. The van der Waals surface area contributed by atoms with Gasteiger partial charge in [-0.05, 0) is 36.6 Å². The van der Waals surface area contributed by atoms with Crippen molar-refractivity contribution in [1.82, 2.24) is 14.5 Å². The first-order valence-corrected chi connectivity index (χ1v) is 11.8. The van der Waals surface area contributed by atoms with Gasteiger partial charge in [0, 0.05) is 32.2 Å². The Balaban J connectivity index is 1.54. The molecule has 1 aliphatic heterocycles. The second-order valence-electron chi connectivity index (χ2n) is 7.61. The van der Waals surface area contributed by atoms with Gasteiger partial charge in [-0.3, -0.25) is 4.90 Å². The Kier molecular flexibility index (Phi) is 6.08. The lowest BCUT2D eigenvalue weighted by atomic mass is 10.0. The van der Waals surface area contributed by atoms with Crippen LogP contribution in [0.15, 0.2) is 59.5 Å². The molecular weight excluding hydrogens is 402 g/mol. The van der Waals surface area contributed by atoms with E-state index in [4.69, 9.17) is 4.74 Å². The van der Waals surface area contributed by atoms with E-state index in [9.17, 15) is 13.2 Å². The molecular formula is C22H27N3O4S. The number of carbonyl (C=O) groups excluding carboxylic acids is 1. The van der Waals surface area contributed by atoms with Gasteiger partial charge in [0.05, 0.1) is 17.5 Å². The van der Waals surface area contributed by atoms with Crippen LogP contribution in [-0.4, -0.2) is 63.1 Å². The minimum Gasteiger partial charge on any atom is -0.450 e.